The molecule has 1 heterocycles. The van der Waals surface area contributed by atoms with Crippen LogP contribution in [0.25, 0.3) is 11.1 Å². The third kappa shape index (κ3) is 4.48. The Morgan fingerprint density at radius 3 is 2.42 bits per heavy atom. The van der Waals surface area contributed by atoms with Crippen molar-refractivity contribution in [2.24, 2.45) is 5.73 Å². The minimum Gasteiger partial charge on any atom is -0.473 e. The molecule has 2 N–H and O–H groups in total. The first-order valence-corrected chi connectivity index (χ1v) is 7.75. The Labute approximate surface area is 152 Å². The van der Waals surface area contributed by atoms with E-state index in [-0.39, 0.29) is 12.4 Å². The van der Waals surface area contributed by atoms with Crippen molar-refractivity contribution in [2.75, 3.05) is 0 Å². The van der Waals surface area contributed by atoms with E-state index in [1.54, 1.807) is 6.20 Å². The van der Waals surface area contributed by atoms with Crippen LogP contribution in [0.3, 0.4) is 0 Å². The highest BCUT2D eigenvalue weighted by molar-refractivity contribution is 6.33. The van der Waals surface area contributed by atoms with Gasteiger partial charge in [0.25, 0.3) is 0 Å². The van der Waals surface area contributed by atoms with Crippen LogP contribution in [0.1, 0.15) is 11.1 Å². The molecule has 0 saturated heterocycles. The Morgan fingerprint density at radius 2 is 1.75 bits per heavy atom. The highest BCUT2D eigenvalue weighted by atomic mass is 35.5. The van der Waals surface area contributed by atoms with E-state index in [0.717, 1.165) is 22.3 Å². The predicted molar refractivity (Wildman–Crippen MR) is 101 cm³/mol. The number of halogens is 2. The SMILES string of the molecule is Cl.NCc1ccc(Cl)c(-c2ccc(OCc3ccccc3)nc2)c1. The Bertz CT molecular complexity index is 777. The lowest BCUT2D eigenvalue weighted by molar-refractivity contribution is 0.294. The number of hydrogen-bond acceptors (Lipinski definition) is 3. The maximum absolute atomic E-state index is 6.27. The first-order valence-electron chi connectivity index (χ1n) is 7.38. The summed E-state index contributed by atoms with van der Waals surface area (Å²) in [5.74, 6) is 0.587. The van der Waals surface area contributed by atoms with Gasteiger partial charge in [-0.2, -0.15) is 0 Å². The van der Waals surface area contributed by atoms with Gasteiger partial charge in [0.15, 0.2) is 0 Å². The lowest BCUT2D eigenvalue weighted by Gasteiger charge is -2.09. The van der Waals surface area contributed by atoms with Crippen LogP contribution in [0.4, 0.5) is 0 Å². The number of nitrogens with two attached hydrogens (primary N) is 1. The molecule has 0 unspecified atom stereocenters. The first-order chi connectivity index (χ1) is 11.3. The third-order valence-corrected chi connectivity index (χ3v) is 3.87. The quantitative estimate of drug-likeness (QED) is 0.706. The van der Waals surface area contributed by atoms with Crippen LogP contribution in [-0.2, 0) is 13.2 Å². The minimum atomic E-state index is 0. The maximum Gasteiger partial charge on any atom is 0.213 e. The van der Waals surface area contributed by atoms with Gasteiger partial charge in [0.1, 0.15) is 6.61 Å². The fraction of sp³-hybridized carbons (Fsp3) is 0.105. The molecule has 0 radical (unpaired) electrons. The van der Waals surface area contributed by atoms with E-state index >= 15 is 0 Å². The lowest BCUT2D eigenvalue weighted by Crippen LogP contribution is -1.98. The second-order valence-corrected chi connectivity index (χ2v) is 5.58. The molecule has 0 saturated carbocycles. The van der Waals surface area contributed by atoms with Gasteiger partial charge in [0.2, 0.25) is 5.88 Å². The zero-order valence-electron chi connectivity index (χ0n) is 13.0. The van der Waals surface area contributed by atoms with Crippen LogP contribution in [0.2, 0.25) is 5.02 Å². The highest BCUT2D eigenvalue weighted by Gasteiger charge is 2.06. The topological polar surface area (TPSA) is 48.1 Å². The summed E-state index contributed by atoms with van der Waals surface area (Å²) in [6.07, 6.45) is 1.77. The van der Waals surface area contributed by atoms with Crippen molar-refractivity contribution >= 4 is 24.0 Å². The zero-order valence-corrected chi connectivity index (χ0v) is 14.6. The standard InChI is InChI=1S/C19H17ClN2O.ClH/c20-18-8-6-15(11-21)10-17(18)16-7-9-19(22-12-16)23-13-14-4-2-1-3-5-14;/h1-10,12H,11,13,21H2;1H. The molecule has 0 atom stereocenters. The molecule has 0 bridgehead atoms. The molecular formula is C19H18Cl2N2O. The molecule has 0 spiro atoms. The molecule has 0 aliphatic carbocycles. The van der Waals surface area contributed by atoms with E-state index in [4.69, 9.17) is 22.1 Å². The van der Waals surface area contributed by atoms with Gasteiger partial charge in [-0.3, -0.25) is 0 Å². The van der Waals surface area contributed by atoms with Crippen LogP contribution in [0.15, 0.2) is 66.9 Å². The van der Waals surface area contributed by atoms with Crippen molar-refractivity contribution < 1.29 is 4.74 Å². The molecule has 24 heavy (non-hydrogen) atoms. The average molecular weight is 361 g/mol. The summed E-state index contributed by atoms with van der Waals surface area (Å²) in [6.45, 7) is 0.979. The number of nitrogens with zero attached hydrogens (tertiary/aromatic N) is 1. The lowest BCUT2D eigenvalue weighted by atomic mass is 10.0. The van der Waals surface area contributed by atoms with Crippen molar-refractivity contribution in [3.05, 3.63) is 83.0 Å². The predicted octanol–water partition coefficient (Wildman–Crippen LogP) is 4.86. The fourth-order valence-electron chi connectivity index (χ4n) is 2.28. The molecule has 0 amide bonds. The van der Waals surface area contributed by atoms with E-state index in [2.05, 4.69) is 4.98 Å². The van der Waals surface area contributed by atoms with E-state index in [1.165, 1.54) is 0 Å². The molecular weight excluding hydrogens is 343 g/mol. The molecule has 3 aromatic rings. The molecule has 2 aromatic carbocycles. The van der Waals surface area contributed by atoms with Gasteiger partial charge < -0.3 is 10.5 Å². The Morgan fingerprint density at radius 1 is 0.958 bits per heavy atom. The van der Waals surface area contributed by atoms with Gasteiger partial charge in [-0.05, 0) is 29.3 Å². The number of aromatic nitrogens is 1. The Hall–Kier alpha value is -2.07. The molecule has 0 aliphatic rings. The Balaban J connectivity index is 0.00000208. The van der Waals surface area contributed by atoms with E-state index < -0.39 is 0 Å². The summed E-state index contributed by atoms with van der Waals surface area (Å²) >= 11 is 6.27. The van der Waals surface area contributed by atoms with Gasteiger partial charge in [0, 0.05) is 35.0 Å². The summed E-state index contributed by atoms with van der Waals surface area (Å²) in [6, 6.07) is 19.6. The van der Waals surface area contributed by atoms with Gasteiger partial charge in [0.05, 0.1) is 0 Å². The van der Waals surface area contributed by atoms with E-state index in [0.29, 0.717) is 24.1 Å². The number of ether oxygens (including phenoxy) is 1. The van der Waals surface area contributed by atoms with Crippen LogP contribution in [0.5, 0.6) is 5.88 Å². The Kier molecular flexibility index (Phi) is 6.62. The summed E-state index contributed by atoms with van der Waals surface area (Å²) in [5.41, 5.74) is 9.70. The largest absolute Gasteiger partial charge is 0.473 e. The number of rotatable bonds is 5. The van der Waals surface area contributed by atoms with Crippen LogP contribution in [-0.4, -0.2) is 4.98 Å². The molecule has 124 valence electrons. The number of pyridine rings is 1. The average Bonchev–Trinajstić information content (AvgIpc) is 2.62. The summed E-state index contributed by atoms with van der Waals surface area (Å²) in [7, 11) is 0. The normalized spacial score (nSPS) is 10.1. The van der Waals surface area contributed by atoms with E-state index in [1.807, 2.05) is 60.7 Å². The van der Waals surface area contributed by atoms with Crippen molar-refractivity contribution in [2.45, 2.75) is 13.2 Å². The first kappa shape index (κ1) is 18.3. The highest BCUT2D eigenvalue weighted by Crippen LogP contribution is 2.29. The minimum absolute atomic E-state index is 0. The van der Waals surface area contributed by atoms with Crippen molar-refractivity contribution in [3.8, 4) is 17.0 Å². The molecule has 1 aromatic heterocycles. The van der Waals surface area contributed by atoms with Gasteiger partial charge in [-0.1, -0.05) is 48.0 Å². The summed E-state index contributed by atoms with van der Waals surface area (Å²) in [5, 5.41) is 0.682. The fourth-order valence-corrected chi connectivity index (χ4v) is 2.50. The van der Waals surface area contributed by atoms with Crippen molar-refractivity contribution in [3.63, 3.8) is 0 Å². The van der Waals surface area contributed by atoms with Crippen LogP contribution in [0, 0.1) is 0 Å². The smallest absolute Gasteiger partial charge is 0.213 e. The number of benzene rings is 2. The summed E-state index contributed by atoms with van der Waals surface area (Å²) < 4.78 is 5.69. The van der Waals surface area contributed by atoms with Crippen molar-refractivity contribution in [1.29, 1.82) is 0 Å². The monoisotopic (exact) mass is 360 g/mol. The summed E-state index contributed by atoms with van der Waals surface area (Å²) in [4.78, 5) is 4.35. The molecule has 3 rings (SSSR count). The van der Waals surface area contributed by atoms with Crippen LogP contribution >= 0.6 is 24.0 Å². The van der Waals surface area contributed by atoms with Crippen LogP contribution < -0.4 is 10.5 Å². The zero-order chi connectivity index (χ0) is 16.1. The van der Waals surface area contributed by atoms with Gasteiger partial charge >= 0.3 is 0 Å². The number of hydrogen-bond donors (Lipinski definition) is 1. The molecule has 0 fully saturated rings. The van der Waals surface area contributed by atoms with Crippen molar-refractivity contribution in [1.82, 2.24) is 4.98 Å². The van der Waals surface area contributed by atoms with Gasteiger partial charge in [-0.15, -0.1) is 12.4 Å². The second-order valence-electron chi connectivity index (χ2n) is 5.18. The second kappa shape index (κ2) is 8.69. The van der Waals surface area contributed by atoms with E-state index in [9.17, 15) is 0 Å². The third-order valence-electron chi connectivity index (χ3n) is 3.54. The molecule has 3 nitrogen and oxygen atoms in total. The maximum atomic E-state index is 6.27. The van der Waals surface area contributed by atoms with Gasteiger partial charge in [-0.25, -0.2) is 4.98 Å². The molecule has 0 aliphatic heterocycles. The molecule has 5 heteroatoms.